The molecule has 0 spiro atoms. The van der Waals surface area contributed by atoms with Gasteiger partial charge in [0.1, 0.15) is 11.2 Å². The van der Waals surface area contributed by atoms with Gasteiger partial charge in [0, 0.05) is 50.2 Å². The molecule has 1 aromatic heterocycles. The highest BCUT2D eigenvalue weighted by molar-refractivity contribution is 6.94. The Labute approximate surface area is 392 Å². The quantitative estimate of drug-likeness (QED) is 0.161. The van der Waals surface area contributed by atoms with Crippen LogP contribution >= 0.6 is 0 Å². The van der Waals surface area contributed by atoms with Crippen LogP contribution in [0.2, 0.25) is 0 Å². The Morgan fingerprint density at radius 3 is 1.76 bits per heavy atom. The second kappa shape index (κ2) is 12.9. The van der Waals surface area contributed by atoms with Gasteiger partial charge in [-0.1, -0.05) is 142 Å². The van der Waals surface area contributed by atoms with Crippen molar-refractivity contribution in [2.45, 2.75) is 129 Å². The van der Waals surface area contributed by atoms with Crippen LogP contribution in [0.15, 0.2) is 126 Å². The molecule has 4 heterocycles. The molecule has 0 atom stereocenters. The molecule has 66 heavy (non-hydrogen) atoms. The van der Waals surface area contributed by atoms with E-state index in [1.54, 1.807) is 0 Å². The molecule has 3 nitrogen and oxygen atoms in total. The first-order valence-corrected chi connectivity index (χ1v) is 24.6. The largest absolute Gasteiger partial charge is 0.456 e. The monoisotopic (exact) mass is 860 g/mol. The summed E-state index contributed by atoms with van der Waals surface area (Å²) >= 11 is 0. The maximum atomic E-state index is 7.18. The molecule has 2 aliphatic carbocycles. The molecule has 0 radical (unpaired) electrons. The van der Waals surface area contributed by atoms with Gasteiger partial charge in [-0.25, -0.2) is 0 Å². The standard InChI is InChI=1S/C62H61BN2O/c1-36-28-45-47(60(6,7)26-24-58(45,2)3)33-51(36)64-52-32-41-40-31-46-48(61(8,9)27-25-59(46,4)5)34-54(40)66-55(41)35-49(52)63-56-42(29-38(30-53(56)64)37-18-13-12-14-19-37)39-20-17-22-44-57(39)65(63)50-23-16-15-21-43(50)62(44,10)11/h12-23,28-35H,24-27H2,1-11H3. The first-order chi connectivity index (χ1) is 31.4. The lowest BCUT2D eigenvalue weighted by atomic mass is 9.42. The Hall–Kier alpha value is -6.00. The third-order valence-corrected chi connectivity index (χ3v) is 17.7. The second-order valence-corrected chi connectivity index (χ2v) is 23.9. The second-order valence-electron chi connectivity index (χ2n) is 23.9. The first kappa shape index (κ1) is 40.3. The Balaban J connectivity index is 1.19. The fourth-order valence-electron chi connectivity index (χ4n) is 13.5. The highest BCUT2D eigenvalue weighted by atomic mass is 16.3. The summed E-state index contributed by atoms with van der Waals surface area (Å²) in [6.45, 7) is 26.6. The Morgan fingerprint density at radius 1 is 0.455 bits per heavy atom. The molecule has 13 rings (SSSR count). The van der Waals surface area contributed by atoms with Gasteiger partial charge in [0.15, 0.2) is 0 Å². The molecule has 0 bridgehead atoms. The van der Waals surface area contributed by atoms with E-state index in [4.69, 9.17) is 4.42 Å². The summed E-state index contributed by atoms with van der Waals surface area (Å²) in [4.78, 5) is 5.40. The summed E-state index contributed by atoms with van der Waals surface area (Å²) in [5, 5.41) is 2.40. The van der Waals surface area contributed by atoms with Gasteiger partial charge in [0.2, 0.25) is 0 Å². The normalized spacial score (nSPS) is 19.4. The summed E-state index contributed by atoms with van der Waals surface area (Å²) in [6, 6.07) is 47.4. The Bertz CT molecular complexity index is 3430. The van der Waals surface area contributed by atoms with E-state index in [-0.39, 0.29) is 33.9 Å². The fraction of sp³-hybridized carbons (Fsp3) is 0.323. The van der Waals surface area contributed by atoms with Crippen molar-refractivity contribution in [1.29, 1.82) is 0 Å². The zero-order valence-electron chi connectivity index (χ0n) is 40.8. The first-order valence-electron chi connectivity index (χ1n) is 24.6. The summed E-state index contributed by atoms with van der Waals surface area (Å²) in [6.07, 6.45) is 4.69. The average molecular weight is 861 g/mol. The predicted molar refractivity (Wildman–Crippen MR) is 280 cm³/mol. The van der Waals surface area contributed by atoms with E-state index in [9.17, 15) is 0 Å². The van der Waals surface area contributed by atoms with Crippen LogP contribution in [0.25, 0.3) is 44.2 Å². The van der Waals surface area contributed by atoms with E-state index >= 15 is 0 Å². The van der Waals surface area contributed by atoms with Crippen molar-refractivity contribution < 1.29 is 4.42 Å². The number of rotatable bonds is 2. The van der Waals surface area contributed by atoms with Gasteiger partial charge in [0.25, 0.3) is 0 Å². The molecule has 328 valence electrons. The number of hydrogen-bond acceptors (Lipinski definition) is 3. The maximum Gasteiger partial charge on any atom is 0.333 e. The average Bonchev–Trinajstić information content (AvgIpc) is 3.65. The molecule has 0 unspecified atom stereocenters. The predicted octanol–water partition coefficient (Wildman–Crippen LogP) is 15.6. The van der Waals surface area contributed by atoms with Crippen molar-refractivity contribution in [3.63, 3.8) is 0 Å². The molecule has 0 saturated heterocycles. The number of para-hydroxylation sites is 2. The van der Waals surface area contributed by atoms with Gasteiger partial charge in [-0.2, -0.15) is 0 Å². The lowest BCUT2D eigenvalue weighted by molar-refractivity contribution is 0.332. The van der Waals surface area contributed by atoms with Gasteiger partial charge >= 0.3 is 6.85 Å². The number of nitrogens with zero attached hydrogens (tertiary/aromatic N) is 2. The van der Waals surface area contributed by atoms with E-state index in [0.717, 1.165) is 17.6 Å². The number of benzene rings is 7. The topological polar surface area (TPSA) is 19.6 Å². The van der Waals surface area contributed by atoms with Crippen molar-refractivity contribution in [3.8, 4) is 22.3 Å². The van der Waals surface area contributed by atoms with E-state index in [1.807, 2.05) is 0 Å². The van der Waals surface area contributed by atoms with Crippen molar-refractivity contribution >= 4 is 68.1 Å². The number of aryl methyl sites for hydroxylation is 1. The molecular weight excluding hydrogens is 800 g/mol. The molecule has 3 aliphatic heterocycles. The number of fused-ring (bicyclic) bond motifs is 11. The van der Waals surface area contributed by atoms with E-state index in [0.29, 0.717) is 0 Å². The Morgan fingerprint density at radius 2 is 1.05 bits per heavy atom. The third-order valence-electron chi connectivity index (χ3n) is 17.7. The maximum absolute atomic E-state index is 7.18. The van der Waals surface area contributed by atoms with Crippen molar-refractivity contribution in [1.82, 2.24) is 0 Å². The van der Waals surface area contributed by atoms with Crippen LogP contribution in [0.5, 0.6) is 0 Å². The van der Waals surface area contributed by atoms with Crippen LogP contribution in [-0.4, -0.2) is 6.85 Å². The molecular formula is C62H61BN2O. The van der Waals surface area contributed by atoms with Crippen molar-refractivity contribution in [2.24, 2.45) is 0 Å². The summed E-state index contributed by atoms with van der Waals surface area (Å²) in [7, 11) is 0. The van der Waals surface area contributed by atoms with Crippen LogP contribution in [0, 0.1) is 6.92 Å². The minimum atomic E-state index is -0.191. The summed E-state index contributed by atoms with van der Waals surface area (Å²) in [5.74, 6) is 0. The molecule has 4 heteroatoms. The summed E-state index contributed by atoms with van der Waals surface area (Å²) < 4.78 is 7.18. The zero-order chi connectivity index (χ0) is 45.6. The lowest BCUT2D eigenvalue weighted by Gasteiger charge is -2.51. The molecule has 0 fully saturated rings. The zero-order valence-corrected chi connectivity index (χ0v) is 40.8. The molecule has 0 N–H and O–H groups in total. The van der Waals surface area contributed by atoms with Gasteiger partial charge < -0.3 is 14.1 Å². The molecule has 0 amide bonds. The van der Waals surface area contributed by atoms with E-state index in [2.05, 4.69) is 207 Å². The molecule has 8 aromatic rings. The molecule has 5 aliphatic rings. The minimum Gasteiger partial charge on any atom is -0.456 e. The van der Waals surface area contributed by atoms with Gasteiger partial charge in [0.05, 0.1) is 0 Å². The summed E-state index contributed by atoms with van der Waals surface area (Å²) in [5.41, 5.74) is 26.0. The van der Waals surface area contributed by atoms with Crippen molar-refractivity contribution in [3.05, 3.63) is 160 Å². The van der Waals surface area contributed by atoms with Crippen molar-refractivity contribution in [2.75, 3.05) is 9.71 Å². The van der Waals surface area contributed by atoms with Crippen LogP contribution in [0.3, 0.4) is 0 Å². The van der Waals surface area contributed by atoms with Crippen LogP contribution in [0.1, 0.15) is 134 Å². The smallest absolute Gasteiger partial charge is 0.333 e. The fourth-order valence-corrected chi connectivity index (χ4v) is 13.5. The minimum absolute atomic E-state index is 0.0454. The number of hydrogen-bond donors (Lipinski definition) is 0. The van der Waals surface area contributed by atoms with Crippen LogP contribution in [-0.2, 0) is 27.1 Å². The lowest BCUT2D eigenvalue weighted by Crippen LogP contribution is -2.63. The highest BCUT2D eigenvalue weighted by Crippen LogP contribution is 2.58. The van der Waals surface area contributed by atoms with Gasteiger partial charge in [-0.15, -0.1) is 0 Å². The number of furan rings is 1. The van der Waals surface area contributed by atoms with Gasteiger partial charge in [-0.3, -0.25) is 0 Å². The Kier molecular flexibility index (Phi) is 7.88. The SMILES string of the molecule is Cc1cc2c(cc1N1c3cc4c(cc3B3c5c(cc(-c6ccccc6)cc51)-c1cccc5c1N3c1ccccc1C5(C)C)oc1cc3c(cc14)C(C)(C)CCC3(C)C)C(C)(C)CCC2(C)C. The third kappa shape index (κ3) is 5.28. The highest BCUT2D eigenvalue weighted by Gasteiger charge is 2.51. The van der Waals surface area contributed by atoms with Crippen LogP contribution < -0.4 is 20.6 Å². The van der Waals surface area contributed by atoms with Crippen LogP contribution in [0.4, 0.5) is 28.4 Å². The van der Waals surface area contributed by atoms with Gasteiger partial charge in [-0.05, 0) is 169 Å². The van der Waals surface area contributed by atoms with E-state index in [1.165, 1.54) is 131 Å². The molecule has 0 saturated carbocycles. The molecule has 7 aromatic carbocycles. The van der Waals surface area contributed by atoms with E-state index < -0.39 is 0 Å². The number of anilines is 5.